The number of primary amides is 1. The van der Waals surface area contributed by atoms with Gasteiger partial charge < -0.3 is 26.8 Å². The van der Waals surface area contributed by atoms with Gasteiger partial charge in [-0.05, 0) is 38.3 Å². The second-order valence-corrected chi connectivity index (χ2v) is 8.13. The summed E-state index contributed by atoms with van der Waals surface area (Å²) in [4.78, 5) is 35.7. The number of phenols is 1. The number of aromatic nitrogens is 3. The van der Waals surface area contributed by atoms with Crippen LogP contribution >= 0.6 is 0 Å². The Morgan fingerprint density at radius 1 is 1.28 bits per heavy atom. The molecule has 1 aliphatic heterocycles. The molecule has 1 aromatic carbocycles. The number of nitrogens with zero attached hydrogens (tertiary/aromatic N) is 4. The Kier molecular flexibility index (Phi) is 5.37. The predicted molar refractivity (Wildman–Crippen MR) is 122 cm³/mol. The van der Waals surface area contributed by atoms with Crippen LogP contribution in [-0.2, 0) is 4.79 Å². The molecule has 3 aromatic rings. The van der Waals surface area contributed by atoms with Gasteiger partial charge in [0.1, 0.15) is 28.5 Å². The van der Waals surface area contributed by atoms with E-state index in [1.165, 1.54) is 0 Å². The molecule has 10 nitrogen and oxygen atoms in total. The minimum absolute atomic E-state index is 0.00760. The van der Waals surface area contributed by atoms with Crippen LogP contribution in [0, 0.1) is 19.8 Å². The largest absolute Gasteiger partial charge is 0.508 e. The number of hydrogen-bond acceptors (Lipinski definition) is 7. The van der Waals surface area contributed by atoms with Gasteiger partial charge in [-0.3, -0.25) is 14.2 Å². The molecule has 2 aromatic heterocycles. The van der Waals surface area contributed by atoms with Gasteiger partial charge in [-0.15, -0.1) is 0 Å². The molecular weight excluding hydrogens is 410 g/mol. The maximum atomic E-state index is 12.3. The summed E-state index contributed by atoms with van der Waals surface area (Å²) in [6, 6.07) is 3.37. The number of piperidine rings is 1. The van der Waals surface area contributed by atoms with Crippen LogP contribution in [0.3, 0.4) is 0 Å². The topological polar surface area (TPSA) is 152 Å². The highest BCUT2D eigenvalue weighted by Crippen LogP contribution is 2.35. The lowest BCUT2D eigenvalue weighted by molar-refractivity contribution is -0.124. The highest BCUT2D eigenvalue weighted by atomic mass is 16.3. The molecule has 0 radical (unpaired) electrons. The quantitative estimate of drug-likeness (QED) is 0.481. The molecular formula is C22H27N7O3. The Morgan fingerprint density at radius 2 is 2.03 bits per heavy atom. The maximum Gasteiger partial charge on any atom is 0.254 e. The third-order valence-electron chi connectivity index (χ3n) is 6.12. The molecule has 0 aliphatic carbocycles. The molecule has 32 heavy (non-hydrogen) atoms. The minimum atomic E-state index is -0.713. The zero-order valence-corrected chi connectivity index (χ0v) is 18.3. The summed E-state index contributed by atoms with van der Waals surface area (Å²) in [5, 5.41) is 12.9. The Bertz CT molecular complexity index is 1230. The van der Waals surface area contributed by atoms with Crippen molar-refractivity contribution in [3.63, 3.8) is 0 Å². The lowest BCUT2D eigenvalue weighted by Crippen LogP contribution is -2.42. The lowest BCUT2D eigenvalue weighted by atomic mass is 9.97. The van der Waals surface area contributed by atoms with E-state index < -0.39 is 5.91 Å². The molecule has 0 spiro atoms. The first-order valence-corrected chi connectivity index (χ1v) is 10.5. The number of nitrogen functional groups attached to an aromatic ring is 1. The number of aryl methyl sites for hydroxylation is 1. The summed E-state index contributed by atoms with van der Waals surface area (Å²) in [5.74, 6) is -0.0972. The van der Waals surface area contributed by atoms with Crippen molar-refractivity contribution < 1.29 is 14.7 Å². The van der Waals surface area contributed by atoms with Crippen LogP contribution in [0.25, 0.3) is 16.9 Å². The molecule has 168 valence electrons. The van der Waals surface area contributed by atoms with E-state index >= 15 is 0 Å². The molecule has 0 bridgehead atoms. The third kappa shape index (κ3) is 3.37. The van der Waals surface area contributed by atoms with Gasteiger partial charge in [0.2, 0.25) is 5.91 Å². The van der Waals surface area contributed by atoms with E-state index in [-0.39, 0.29) is 34.5 Å². The molecule has 6 N–H and O–H groups in total. The van der Waals surface area contributed by atoms with E-state index in [1.807, 2.05) is 11.8 Å². The van der Waals surface area contributed by atoms with Crippen molar-refractivity contribution in [3.05, 3.63) is 35.0 Å². The molecule has 1 atom stereocenters. The van der Waals surface area contributed by atoms with Gasteiger partial charge in [-0.1, -0.05) is 6.07 Å². The normalized spacial score (nSPS) is 16.3. The number of aromatic hydroxyl groups is 1. The lowest BCUT2D eigenvalue weighted by Gasteiger charge is -2.32. The number of rotatable bonds is 4. The van der Waals surface area contributed by atoms with Gasteiger partial charge in [-0.25, -0.2) is 9.97 Å². The molecule has 3 heterocycles. The number of amides is 2. The van der Waals surface area contributed by atoms with Gasteiger partial charge in [0.15, 0.2) is 5.65 Å². The maximum absolute atomic E-state index is 12.3. The Labute approximate surface area is 185 Å². The fourth-order valence-electron chi connectivity index (χ4n) is 4.45. The second kappa shape index (κ2) is 8.03. The zero-order chi connectivity index (χ0) is 23.2. The van der Waals surface area contributed by atoms with Gasteiger partial charge in [0.25, 0.3) is 5.91 Å². The molecule has 1 saturated heterocycles. The number of nitrogens with one attached hydrogen (secondary N) is 1. The molecule has 10 heteroatoms. The van der Waals surface area contributed by atoms with Crippen LogP contribution in [0.4, 0.5) is 11.6 Å². The summed E-state index contributed by atoms with van der Waals surface area (Å²) in [7, 11) is 1.63. The van der Waals surface area contributed by atoms with E-state index in [4.69, 9.17) is 16.5 Å². The SMILES string of the molecule is CNC(=O)[C@@H]1CCCN(c2cnc3c(n2)c(C(N)=O)c(N)n3-c2c(C)ccc(O)c2C)C1. The molecule has 0 saturated carbocycles. The van der Waals surface area contributed by atoms with Crippen LogP contribution in [-0.4, -0.2) is 51.6 Å². The number of hydrogen-bond donors (Lipinski definition) is 4. The minimum Gasteiger partial charge on any atom is -0.508 e. The average Bonchev–Trinajstić information content (AvgIpc) is 3.07. The van der Waals surface area contributed by atoms with Crippen LogP contribution in [0.15, 0.2) is 18.3 Å². The van der Waals surface area contributed by atoms with Crippen LogP contribution in [0.2, 0.25) is 0 Å². The van der Waals surface area contributed by atoms with Crippen LogP contribution in [0.5, 0.6) is 5.75 Å². The van der Waals surface area contributed by atoms with Crippen molar-refractivity contribution in [1.29, 1.82) is 0 Å². The van der Waals surface area contributed by atoms with Gasteiger partial charge in [0, 0.05) is 25.7 Å². The highest BCUT2D eigenvalue weighted by Gasteiger charge is 2.29. The van der Waals surface area contributed by atoms with Crippen molar-refractivity contribution in [2.75, 3.05) is 30.8 Å². The zero-order valence-electron chi connectivity index (χ0n) is 18.3. The first kappa shape index (κ1) is 21.4. The van der Waals surface area contributed by atoms with Crippen molar-refractivity contribution in [2.45, 2.75) is 26.7 Å². The monoisotopic (exact) mass is 437 g/mol. The van der Waals surface area contributed by atoms with E-state index in [0.717, 1.165) is 24.9 Å². The number of nitrogens with two attached hydrogens (primary N) is 2. The molecule has 4 rings (SSSR count). The summed E-state index contributed by atoms with van der Waals surface area (Å²) in [5.41, 5.74) is 14.9. The Balaban J connectivity index is 1.88. The summed E-state index contributed by atoms with van der Waals surface area (Å²) >= 11 is 0. The third-order valence-corrected chi connectivity index (χ3v) is 6.12. The summed E-state index contributed by atoms with van der Waals surface area (Å²) in [6.45, 7) is 4.88. The van der Waals surface area contributed by atoms with E-state index in [9.17, 15) is 14.7 Å². The number of carbonyl (C=O) groups is 2. The van der Waals surface area contributed by atoms with E-state index in [0.29, 0.717) is 29.3 Å². The second-order valence-electron chi connectivity index (χ2n) is 8.13. The summed E-state index contributed by atoms with van der Waals surface area (Å²) in [6.07, 6.45) is 3.26. The van der Waals surface area contributed by atoms with Gasteiger partial charge in [-0.2, -0.15) is 0 Å². The number of carbonyl (C=O) groups excluding carboxylic acids is 2. The number of fused-ring (bicyclic) bond motifs is 1. The average molecular weight is 438 g/mol. The highest BCUT2D eigenvalue weighted by molar-refractivity contribution is 6.09. The van der Waals surface area contributed by atoms with Crippen molar-refractivity contribution >= 4 is 34.6 Å². The first-order chi connectivity index (χ1) is 15.2. The number of benzene rings is 1. The Morgan fingerprint density at radius 3 is 2.72 bits per heavy atom. The van der Waals surface area contributed by atoms with Crippen molar-refractivity contribution in [3.8, 4) is 11.4 Å². The Hall–Kier alpha value is -3.82. The van der Waals surface area contributed by atoms with E-state index in [1.54, 1.807) is 36.9 Å². The molecule has 1 fully saturated rings. The molecule has 0 unspecified atom stereocenters. The fraction of sp³-hybridized carbons (Fsp3) is 0.364. The van der Waals surface area contributed by atoms with Gasteiger partial charge in [0.05, 0.1) is 17.8 Å². The van der Waals surface area contributed by atoms with Crippen LogP contribution < -0.4 is 21.7 Å². The van der Waals surface area contributed by atoms with Gasteiger partial charge >= 0.3 is 0 Å². The summed E-state index contributed by atoms with van der Waals surface area (Å²) < 4.78 is 1.61. The van der Waals surface area contributed by atoms with Crippen LogP contribution in [0.1, 0.15) is 34.3 Å². The number of phenolic OH excluding ortho intramolecular Hbond substituents is 1. The van der Waals surface area contributed by atoms with Crippen molar-refractivity contribution in [1.82, 2.24) is 19.9 Å². The van der Waals surface area contributed by atoms with E-state index in [2.05, 4.69) is 10.3 Å². The standard InChI is InChI=1S/C22H27N7O3/c1-11-6-7-14(30)12(2)18(11)29-19(23)16(20(24)31)17-21(29)26-9-15(27-17)28-8-4-5-13(10-28)22(32)25-3/h6-7,9,13,30H,4-5,8,10,23H2,1-3H3,(H2,24,31)(H,25,32)/t13-/m1/s1. The first-order valence-electron chi connectivity index (χ1n) is 10.5. The number of anilines is 2. The molecule has 2 amide bonds. The smallest absolute Gasteiger partial charge is 0.254 e. The van der Waals surface area contributed by atoms with Crippen molar-refractivity contribution in [2.24, 2.45) is 11.7 Å². The predicted octanol–water partition coefficient (Wildman–Crippen LogP) is 1.39. The fourth-order valence-corrected chi connectivity index (χ4v) is 4.45. The molecule has 1 aliphatic rings.